The summed E-state index contributed by atoms with van der Waals surface area (Å²) < 4.78 is 25.4. The molecule has 0 aliphatic carbocycles. The monoisotopic (exact) mass is 219 g/mol. The molecule has 0 amide bonds. The maximum absolute atomic E-state index is 10.8. The summed E-state index contributed by atoms with van der Waals surface area (Å²) in [4.78, 5) is 17.4. The predicted molar refractivity (Wildman–Crippen MR) is 41.7 cm³/mol. The summed E-state index contributed by atoms with van der Waals surface area (Å²) in [5.41, 5.74) is 4.78. The van der Waals surface area contributed by atoms with Gasteiger partial charge in [0.05, 0.1) is 19.1 Å². The van der Waals surface area contributed by atoms with Gasteiger partial charge < -0.3 is 20.6 Å². The second-order valence-corrected chi connectivity index (χ2v) is 6.00. The Balaban J connectivity index is 4.24. The maximum atomic E-state index is 10.8. The minimum absolute atomic E-state index is 0.586. The van der Waals surface area contributed by atoms with E-state index in [1.165, 1.54) is 0 Å². The van der Waals surface area contributed by atoms with E-state index in [1.807, 2.05) is 0 Å². The van der Waals surface area contributed by atoms with E-state index in [0.717, 1.165) is 0 Å². The van der Waals surface area contributed by atoms with Crippen molar-refractivity contribution >= 4 is 15.2 Å². The Kier molecular flexibility index (Phi) is 4.58. The molecular formula is C3H11NO6P2. The van der Waals surface area contributed by atoms with Gasteiger partial charge >= 0.3 is 15.2 Å². The number of aliphatic hydroxyl groups excluding tert-OH is 1. The Morgan fingerprint density at radius 2 is 1.75 bits per heavy atom. The zero-order chi connectivity index (χ0) is 9.83. The first kappa shape index (κ1) is 12.3. The summed E-state index contributed by atoms with van der Waals surface area (Å²) in [6.07, 6.45) is -1.32. The van der Waals surface area contributed by atoms with Crippen LogP contribution in [0.15, 0.2) is 0 Å². The molecule has 74 valence electrons. The molecule has 2 unspecified atom stereocenters. The highest BCUT2D eigenvalue weighted by molar-refractivity contribution is 7.66. The van der Waals surface area contributed by atoms with Gasteiger partial charge in [-0.3, -0.25) is 9.13 Å². The van der Waals surface area contributed by atoms with E-state index >= 15 is 0 Å². The van der Waals surface area contributed by atoms with Crippen LogP contribution in [-0.2, 0) is 13.4 Å². The highest BCUT2D eigenvalue weighted by atomic mass is 31.3. The molecule has 0 saturated heterocycles. The van der Waals surface area contributed by atoms with Crippen molar-refractivity contribution in [3.63, 3.8) is 0 Å². The molecule has 0 bridgehead atoms. The topological polar surface area (TPSA) is 130 Å². The minimum atomic E-state index is -4.17. The molecule has 0 spiro atoms. The standard InChI is InChI=1S/C3H11NO6P2/c4-3-12(8,9)10-11(6,7)2-1-5/h5H,1-4H2,(H,6,7)(H,8,9). The fraction of sp³-hybridized carbons (Fsp3) is 1.00. The van der Waals surface area contributed by atoms with Crippen molar-refractivity contribution in [1.82, 2.24) is 0 Å². The summed E-state index contributed by atoms with van der Waals surface area (Å²) >= 11 is 0. The van der Waals surface area contributed by atoms with Gasteiger partial charge in [-0.05, 0) is 0 Å². The summed E-state index contributed by atoms with van der Waals surface area (Å²) in [7, 11) is -8.34. The van der Waals surface area contributed by atoms with Crippen LogP contribution in [0.2, 0.25) is 0 Å². The molecule has 7 nitrogen and oxygen atoms in total. The van der Waals surface area contributed by atoms with Gasteiger partial charge in [0.15, 0.2) is 0 Å². The lowest BCUT2D eigenvalue weighted by Gasteiger charge is -2.13. The molecule has 0 aromatic rings. The number of hydrogen-bond donors (Lipinski definition) is 4. The first-order valence-electron chi connectivity index (χ1n) is 2.99. The quantitative estimate of drug-likeness (QED) is 0.449. The molecule has 0 heterocycles. The van der Waals surface area contributed by atoms with Crippen molar-refractivity contribution in [1.29, 1.82) is 0 Å². The molecule has 0 aromatic heterocycles. The lowest BCUT2D eigenvalue weighted by molar-refractivity contribution is 0.293. The SMILES string of the molecule is NCP(=O)(O)OP(=O)(O)CCO. The van der Waals surface area contributed by atoms with Gasteiger partial charge in [-0.25, -0.2) is 4.31 Å². The van der Waals surface area contributed by atoms with Crippen molar-refractivity contribution < 1.29 is 28.3 Å². The molecule has 12 heavy (non-hydrogen) atoms. The zero-order valence-electron chi connectivity index (χ0n) is 6.16. The molecule has 9 heteroatoms. The molecule has 0 aromatic carbocycles. The van der Waals surface area contributed by atoms with Crippen LogP contribution in [0.3, 0.4) is 0 Å². The highest BCUT2D eigenvalue weighted by Gasteiger charge is 2.30. The van der Waals surface area contributed by atoms with Gasteiger partial charge in [-0.2, -0.15) is 0 Å². The fourth-order valence-electron chi connectivity index (χ4n) is 0.400. The van der Waals surface area contributed by atoms with Crippen molar-refractivity contribution in [3.8, 4) is 0 Å². The molecule has 0 aliphatic heterocycles. The number of nitrogens with two attached hydrogens (primary N) is 1. The third-order valence-corrected chi connectivity index (χ3v) is 4.14. The van der Waals surface area contributed by atoms with Gasteiger partial charge in [0.25, 0.3) is 0 Å². The number of hydrogen-bond acceptors (Lipinski definition) is 5. The van der Waals surface area contributed by atoms with Crippen LogP contribution in [0, 0.1) is 0 Å². The molecule has 2 atom stereocenters. The van der Waals surface area contributed by atoms with Crippen LogP contribution < -0.4 is 5.73 Å². The van der Waals surface area contributed by atoms with Gasteiger partial charge in [0.2, 0.25) is 0 Å². The van der Waals surface area contributed by atoms with E-state index in [2.05, 4.69) is 4.31 Å². The van der Waals surface area contributed by atoms with Crippen LogP contribution in [0.4, 0.5) is 0 Å². The van der Waals surface area contributed by atoms with E-state index in [1.54, 1.807) is 0 Å². The fourth-order valence-corrected chi connectivity index (χ4v) is 2.84. The van der Waals surface area contributed by atoms with Crippen LogP contribution >= 0.6 is 15.2 Å². The summed E-state index contributed by atoms with van der Waals surface area (Å²) in [5.74, 6) is 0. The average Bonchev–Trinajstić information content (AvgIpc) is 1.85. The van der Waals surface area contributed by atoms with E-state index in [9.17, 15) is 9.13 Å². The molecule has 5 N–H and O–H groups in total. The first-order chi connectivity index (χ1) is 5.33. The molecular weight excluding hydrogens is 208 g/mol. The normalized spacial score (nSPS) is 21.3. The van der Waals surface area contributed by atoms with Crippen molar-refractivity contribution in [2.24, 2.45) is 5.73 Å². The third-order valence-electron chi connectivity index (χ3n) is 0.868. The summed E-state index contributed by atoms with van der Waals surface area (Å²) in [6, 6.07) is 0. The Labute approximate surface area is 69.2 Å². The molecule has 0 radical (unpaired) electrons. The Morgan fingerprint density at radius 1 is 1.25 bits per heavy atom. The number of rotatable bonds is 5. The molecule has 0 aliphatic rings. The third kappa shape index (κ3) is 5.00. The summed E-state index contributed by atoms with van der Waals surface area (Å²) in [6.45, 7) is -0.599. The van der Waals surface area contributed by atoms with Gasteiger partial charge in [-0.1, -0.05) is 0 Å². The Bertz CT molecular complexity index is 229. The average molecular weight is 219 g/mol. The zero-order valence-corrected chi connectivity index (χ0v) is 7.95. The van der Waals surface area contributed by atoms with Crippen LogP contribution in [0.1, 0.15) is 0 Å². The van der Waals surface area contributed by atoms with Gasteiger partial charge in [0, 0.05) is 0 Å². The van der Waals surface area contributed by atoms with Gasteiger partial charge in [0.1, 0.15) is 0 Å². The Morgan fingerprint density at radius 3 is 2.08 bits per heavy atom. The minimum Gasteiger partial charge on any atom is -0.396 e. The van der Waals surface area contributed by atoms with Crippen molar-refractivity contribution in [3.05, 3.63) is 0 Å². The largest absolute Gasteiger partial charge is 0.396 e. The predicted octanol–water partition coefficient (Wildman–Crippen LogP) is -0.718. The second kappa shape index (κ2) is 4.48. The lowest BCUT2D eigenvalue weighted by atomic mass is 10.9. The highest BCUT2D eigenvalue weighted by Crippen LogP contribution is 2.57. The molecule has 0 rings (SSSR count). The van der Waals surface area contributed by atoms with Crippen LogP contribution in [0.5, 0.6) is 0 Å². The van der Waals surface area contributed by atoms with Gasteiger partial charge in [-0.15, -0.1) is 0 Å². The maximum Gasteiger partial charge on any atom is 0.348 e. The van der Waals surface area contributed by atoms with Crippen molar-refractivity contribution in [2.75, 3.05) is 19.1 Å². The second-order valence-electron chi connectivity index (χ2n) is 1.99. The first-order valence-corrected chi connectivity index (χ1v) is 6.51. The Hall–Kier alpha value is 0.260. The van der Waals surface area contributed by atoms with Crippen LogP contribution in [-0.4, -0.2) is 33.9 Å². The van der Waals surface area contributed by atoms with Crippen molar-refractivity contribution in [2.45, 2.75) is 0 Å². The molecule has 0 saturated carbocycles. The van der Waals surface area contributed by atoms with E-state index in [-0.39, 0.29) is 0 Å². The number of aliphatic hydroxyl groups is 1. The summed E-state index contributed by atoms with van der Waals surface area (Å²) in [5, 5.41) is 8.26. The molecule has 0 fully saturated rings. The van der Waals surface area contributed by atoms with E-state index in [0.29, 0.717) is 0 Å². The van der Waals surface area contributed by atoms with Crippen LogP contribution in [0.25, 0.3) is 0 Å². The smallest absolute Gasteiger partial charge is 0.348 e. The van der Waals surface area contributed by atoms with E-state index in [4.69, 9.17) is 20.6 Å². The lowest BCUT2D eigenvalue weighted by Crippen LogP contribution is -2.04. The van der Waals surface area contributed by atoms with E-state index < -0.39 is 34.2 Å².